The highest BCUT2D eigenvalue weighted by Gasteiger charge is 2.17. The fraction of sp³-hybridized carbons (Fsp3) is 0. The molecule has 0 aliphatic carbocycles. The average molecular weight is 320 g/mol. The van der Waals surface area contributed by atoms with Gasteiger partial charge in [-0.3, -0.25) is 9.71 Å². The lowest BCUT2D eigenvalue weighted by atomic mass is 10.2. The molecule has 0 aliphatic rings. The zero-order chi connectivity index (χ0) is 14.9. The molecule has 2 heterocycles. The minimum atomic E-state index is -3.72. The number of pyridine rings is 2. The smallest absolute Gasteiger partial charge is 0.262 e. The van der Waals surface area contributed by atoms with Crippen LogP contribution in [0, 0.1) is 0 Å². The molecular formula is C14H10ClN3O2S. The fourth-order valence-electron chi connectivity index (χ4n) is 2.00. The highest BCUT2D eigenvalue weighted by molar-refractivity contribution is 7.93. The van der Waals surface area contributed by atoms with E-state index in [1.54, 1.807) is 30.6 Å². The second-order valence-electron chi connectivity index (χ2n) is 4.33. The predicted octanol–water partition coefficient (Wildman–Crippen LogP) is 3.08. The summed E-state index contributed by atoms with van der Waals surface area (Å²) in [6.07, 6.45) is 4.62. The molecule has 0 unspecified atom stereocenters. The van der Waals surface area contributed by atoms with Crippen molar-refractivity contribution < 1.29 is 8.42 Å². The summed E-state index contributed by atoms with van der Waals surface area (Å²) in [5.74, 6) is 0. The molecule has 0 fully saturated rings. The van der Waals surface area contributed by atoms with Crippen LogP contribution >= 0.6 is 11.6 Å². The van der Waals surface area contributed by atoms with Gasteiger partial charge in [0.15, 0.2) is 0 Å². The summed E-state index contributed by atoms with van der Waals surface area (Å²) < 4.78 is 27.6. The van der Waals surface area contributed by atoms with E-state index in [2.05, 4.69) is 14.7 Å². The van der Waals surface area contributed by atoms with Crippen molar-refractivity contribution in [1.82, 2.24) is 9.97 Å². The summed E-state index contributed by atoms with van der Waals surface area (Å²) in [5, 5.41) is 1.59. The number of nitrogens with zero attached hydrogens (tertiary/aromatic N) is 2. The number of rotatable bonds is 3. The summed E-state index contributed by atoms with van der Waals surface area (Å²) in [7, 11) is -3.72. The van der Waals surface area contributed by atoms with Crippen molar-refractivity contribution in [3.63, 3.8) is 0 Å². The van der Waals surface area contributed by atoms with Crippen molar-refractivity contribution in [1.29, 1.82) is 0 Å². The van der Waals surface area contributed by atoms with Crippen molar-refractivity contribution in [2.24, 2.45) is 0 Å². The van der Waals surface area contributed by atoms with Crippen molar-refractivity contribution >= 4 is 38.1 Å². The van der Waals surface area contributed by atoms with Crippen molar-refractivity contribution in [3.05, 3.63) is 60.1 Å². The molecular weight excluding hydrogens is 310 g/mol. The molecule has 1 aromatic carbocycles. The second-order valence-corrected chi connectivity index (χ2v) is 6.36. The van der Waals surface area contributed by atoms with Crippen LogP contribution in [0.1, 0.15) is 0 Å². The Morgan fingerprint density at radius 3 is 2.76 bits per heavy atom. The molecule has 3 aromatic rings. The van der Waals surface area contributed by atoms with E-state index in [1.807, 2.05) is 6.07 Å². The average Bonchev–Trinajstić information content (AvgIpc) is 2.46. The first-order chi connectivity index (χ1) is 10.1. The van der Waals surface area contributed by atoms with Gasteiger partial charge >= 0.3 is 0 Å². The van der Waals surface area contributed by atoms with Gasteiger partial charge in [-0.1, -0.05) is 23.7 Å². The highest BCUT2D eigenvalue weighted by Crippen LogP contribution is 2.24. The number of sulfonamides is 1. The Hall–Kier alpha value is -2.18. The largest absolute Gasteiger partial charge is 0.279 e. The first-order valence-corrected chi connectivity index (χ1v) is 7.89. The Morgan fingerprint density at radius 1 is 1.10 bits per heavy atom. The van der Waals surface area contributed by atoms with Gasteiger partial charge < -0.3 is 0 Å². The maximum atomic E-state index is 12.5. The molecule has 106 valence electrons. The third kappa shape index (κ3) is 2.81. The Balaban J connectivity index is 2.09. The first kappa shape index (κ1) is 13.8. The number of benzene rings is 1. The molecule has 0 aliphatic heterocycles. The maximum Gasteiger partial charge on any atom is 0.262 e. The van der Waals surface area contributed by atoms with E-state index in [-0.39, 0.29) is 10.0 Å². The topological polar surface area (TPSA) is 72.0 Å². The van der Waals surface area contributed by atoms with Crippen LogP contribution in [0.25, 0.3) is 10.8 Å². The number of aromatic nitrogens is 2. The molecule has 0 bridgehead atoms. The molecule has 0 saturated heterocycles. The molecule has 2 aromatic heterocycles. The van der Waals surface area contributed by atoms with Gasteiger partial charge in [0.2, 0.25) is 0 Å². The lowest BCUT2D eigenvalue weighted by Crippen LogP contribution is -2.13. The number of hydrogen-bond acceptors (Lipinski definition) is 4. The van der Waals surface area contributed by atoms with Gasteiger partial charge in [0.05, 0.1) is 10.6 Å². The van der Waals surface area contributed by atoms with Gasteiger partial charge in [-0.05, 0) is 24.3 Å². The van der Waals surface area contributed by atoms with Crippen molar-refractivity contribution in [2.75, 3.05) is 4.72 Å². The van der Waals surface area contributed by atoms with E-state index in [1.165, 1.54) is 18.3 Å². The van der Waals surface area contributed by atoms with Gasteiger partial charge in [0.25, 0.3) is 10.0 Å². The quantitative estimate of drug-likeness (QED) is 0.753. The molecule has 1 N–H and O–H groups in total. The van der Waals surface area contributed by atoms with E-state index in [4.69, 9.17) is 11.6 Å². The van der Waals surface area contributed by atoms with Crippen LogP contribution in [0.5, 0.6) is 0 Å². The van der Waals surface area contributed by atoms with Gasteiger partial charge in [0, 0.05) is 29.4 Å². The number of halogens is 1. The highest BCUT2D eigenvalue weighted by atomic mass is 35.5. The van der Waals surface area contributed by atoms with Crippen LogP contribution in [-0.2, 0) is 10.0 Å². The number of hydrogen-bond donors (Lipinski definition) is 1. The summed E-state index contributed by atoms with van der Waals surface area (Å²) in [4.78, 5) is 8.00. The van der Waals surface area contributed by atoms with Crippen LogP contribution in [0.4, 0.5) is 5.69 Å². The SMILES string of the molecule is O=S(=O)(Nc1ccnc(Cl)c1)c1cccc2cnccc12. The third-order valence-electron chi connectivity index (χ3n) is 2.91. The summed E-state index contributed by atoms with van der Waals surface area (Å²) in [6.45, 7) is 0. The van der Waals surface area contributed by atoms with Gasteiger partial charge in [-0.2, -0.15) is 0 Å². The summed E-state index contributed by atoms with van der Waals surface area (Å²) >= 11 is 5.76. The molecule has 0 atom stereocenters. The molecule has 7 heteroatoms. The van der Waals surface area contributed by atoms with Crippen molar-refractivity contribution in [2.45, 2.75) is 4.90 Å². The van der Waals surface area contributed by atoms with Crippen LogP contribution in [0.15, 0.2) is 59.9 Å². The molecule has 0 spiro atoms. The Kier molecular flexibility index (Phi) is 3.48. The summed E-state index contributed by atoms with van der Waals surface area (Å²) in [6, 6.07) is 9.70. The zero-order valence-corrected chi connectivity index (χ0v) is 12.3. The normalized spacial score (nSPS) is 11.5. The Bertz CT molecular complexity index is 907. The molecule has 0 saturated carbocycles. The molecule has 3 rings (SSSR count). The van der Waals surface area contributed by atoms with E-state index in [0.29, 0.717) is 11.1 Å². The monoisotopic (exact) mass is 319 g/mol. The number of nitrogens with one attached hydrogen (secondary N) is 1. The van der Waals surface area contributed by atoms with Crippen LogP contribution in [-0.4, -0.2) is 18.4 Å². The molecule has 0 radical (unpaired) electrons. The van der Waals surface area contributed by atoms with E-state index >= 15 is 0 Å². The number of fused-ring (bicyclic) bond motifs is 1. The lowest BCUT2D eigenvalue weighted by molar-refractivity contribution is 0.602. The molecule has 0 amide bonds. The third-order valence-corrected chi connectivity index (χ3v) is 4.56. The minimum absolute atomic E-state index is 0.190. The second kappa shape index (κ2) is 5.31. The molecule has 21 heavy (non-hydrogen) atoms. The minimum Gasteiger partial charge on any atom is -0.279 e. The van der Waals surface area contributed by atoms with Crippen LogP contribution in [0.2, 0.25) is 5.15 Å². The zero-order valence-electron chi connectivity index (χ0n) is 10.7. The summed E-state index contributed by atoms with van der Waals surface area (Å²) in [5.41, 5.74) is 0.362. The van der Waals surface area contributed by atoms with Crippen LogP contribution < -0.4 is 4.72 Å². The van der Waals surface area contributed by atoms with Gasteiger partial charge in [0.1, 0.15) is 5.15 Å². The van der Waals surface area contributed by atoms with Gasteiger partial charge in [-0.25, -0.2) is 13.4 Å². The van der Waals surface area contributed by atoms with E-state index in [0.717, 1.165) is 5.39 Å². The fourth-order valence-corrected chi connectivity index (χ4v) is 3.46. The molecule has 5 nitrogen and oxygen atoms in total. The Labute approximate surface area is 126 Å². The maximum absolute atomic E-state index is 12.5. The number of anilines is 1. The van der Waals surface area contributed by atoms with Gasteiger partial charge in [-0.15, -0.1) is 0 Å². The van der Waals surface area contributed by atoms with Crippen LogP contribution in [0.3, 0.4) is 0 Å². The standard InChI is InChI=1S/C14H10ClN3O2S/c15-14-8-11(4-7-17-14)18-21(19,20)13-3-1-2-10-9-16-6-5-12(10)13/h1-9H,(H,17,18). The van der Waals surface area contributed by atoms with Crippen molar-refractivity contribution in [3.8, 4) is 0 Å². The predicted molar refractivity (Wildman–Crippen MR) is 81.8 cm³/mol. The first-order valence-electron chi connectivity index (χ1n) is 6.03. The van der Waals surface area contributed by atoms with E-state index in [9.17, 15) is 8.42 Å². The van der Waals surface area contributed by atoms with E-state index < -0.39 is 10.0 Å². The lowest BCUT2D eigenvalue weighted by Gasteiger charge is -2.10. The Morgan fingerprint density at radius 2 is 1.95 bits per heavy atom.